The number of amides is 1. The molecule has 1 aliphatic heterocycles. The summed E-state index contributed by atoms with van der Waals surface area (Å²) in [6, 6.07) is 10.5. The summed E-state index contributed by atoms with van der Waals surface area (Å²) >= 11 is 3.38. The smallest absolute Gasteiger partial charge is 0.305 e. The van der Waals surface area contributed by atoms with E-state index in [1.54, 1.807) is 23.2 Å². The number of rotatable bonds is 6. The van der Waals surface area contributed by atoms with E-state index in [4.69, 9.17) is 4.74 Å². The summed E-state index contributed by atoms with van der Waals surface area (Å²) in [4.78, 5) is 29.6. The van der Waals surface area contributed by atoms with Crippen LogP contribution >= 0.6 is 15.9 Å². The van der Waals surface area contributed by atoms with Gasteiger partial charge in [-0.3, -0.25) is 9.59 Å². The van der Waals surface area contributed by atoms with E-state index in [-0.39, 0.29) is 18.2 Å². The number of likely N-dealkylation sites (tertiary alicyclic amines) is 1. The molecule has 1 saturated heterocycles. The average molecular weight is 405 g/mol. The van der Waals surface area contributed by atoms with Crippen molar-refractivity contribution in [1.82, 2.24) is 9.88 Å². The van der Waals surface area contributed by atoms with Crippen LogP contribution in [0, 0.1) is 0 Å². The summed E-state index contributed by atoms with van der Waals surface area (Å²) in [5.41, 5.74) is 1.62. The number of carbonyl (C=O) groups is 2. The van der Waals surface area contributed by atoms with Crippen molar-refractivity contribution in [2.24, 2.45) is 0 Å². The largest absolute Gasteiger partial charge is 0.481 e. The quantitative estimate of drug-likeness (QED) is 0.748. The molecule has 2 heterocycles. The fourth-order valence-electron chi connectivity index (χ4n) is 2.96. The van der Waals surface area contributed by atoms with E-state index in [2.05, 4.69) is 20.9 Å². The molecule has 0 radical (unpaired) electrons. The van der Waals surface area contributed by atoms with Gasteiger partial charge in [0.05, 0.1) is 25.5 Å². The van der Waals surface area contributed by atoms with Gasteiger partial charge in [-0.25, -0.2) is 4.98 Å². The van der Waals surface area contributed by atoms with Gasteiger partial charge in [-0.05, 0) is 23.3 Å². The topological polar surface area (TPSA) is 79.7 Å². The average Bonchev–Trinajstić information content (AvgIpc) is 2.61. The molecule has 1 aromatic heterocycles. The van der Waals surface area contributed by atoms with E-state index in [1.807, 2.05) is 24.3 Å². The molecule has 25 heavy (non-hydrogen) atoms. The fraction of sp³-hybridized carbons (Fsp3) is 0.278. The van der Waals surface area contributed by atoms with Crippen LogP contribution < -0.4 is 4.74 Å². The van der Waals surface area contributed by atoms with Crippen LogP contribution in [0.1, 0.15) is 29.5 Å². The van der Waals surface area contributed by atoms with Crippen LogP contribution in [0.15, 0.2) is 47.1 Å². The van der Waals surface area contributed by atoms with Crippen molar-refractivity contribution in [1.29, 1.82) is 0 Å². The zero-order valence-corrected chi connectivity index (χ0v) is 15.1. The summed E-state index contributed by atoms with van der Waals surface area (Å²) in [7, 11) is 1.51. The Labute approximate surface area is 153 Å². The molecule has 2 atom stereocenters. The highest BCUT2D eigenvalue weighted by molar-refractivity contribution is 9.10. The van der Waals surface area contributed by atoms with Crippen molar-refractivity contribution >= 4 is 27.8 Å². The predicted molar refractivity (Wildman–Crippen MR) is 94.4 cm³/mol. The predicted octanol–water partition coefficient (Wildman–Crippen LogP) is 2.99. The van der Waals surface area contributed by atoms with Gasteiger partial charge < -0.3 is 14.7 Å². The van der Waals surface area contributed by atoms with Crippen LogP contribution in [-0.4, -0.2) is 40.5 Å². The maximum atomic E-state index is 12.6. The number of methoxy groups -OCH3 is 1. The molecule has 2 unspecified atom stereocenters. The van der Waals surface area contributed by atoms with Gasteiger partial charge in [-0.15, -0.1) is 0 Å². The summed E-state index contributed by atoms with van der Waals surface area (Å²) in [6.07, 6.45) is 1.40. The minimum absolute atomic E-state index is 0.0654. The van der Waals surface area contributed by atoms with Gasteiger partial charge in [-0.2, -0.15) is 0 Å². The highest BCUT2D eigenvalue weighted by atomic mass is 79.9. The van der Waals surface area contributed by atoms with Crippen molar-refractivity contribution in [2.45, 2.75) is 18.4 Å². The molecule has 1 fully saturated rings. The highest BCUT2D eigenvalue weighted by Crippen LogP contribution is 2.37. The lowest BCUT2D eigenvalue weighted by atomic mass is 9.87. The second-order valence-corrected chi connectivity index (χ2v) is 6.76. The summed E-state index contributed by atoms with van der Waals surface area (Å²) < 4.78 is 5.98. The molecule has 7 heteroatoms. The Balaban J connectivity index is 1.79. The van der Waals surface area contributed by atoms with Crippen LogP contribution in [-0.2, 0) is 9.59 Å². The minimum Gasteiger partial charge on any atom is -0.481 e. The van der Waals surface area contributed by atoms with Crippen LogP contribution in [0.25, 0.3) is 0 Å². The first kappa shape index (κ1) is 17.4. The first-order valence-electron chi connectivity index (χ1n) is 7.77. The normalized spacial score (nSPS) is 17.8. The second kappa shape index (κ2) is 7.23. The number of ether oxygens (including phenoxy) is 1. The monoisotopic (exact) mass is 404 g/mol. The molecule has 1 N–H and O–H groups in total. The molecule has 2 aromatic rings. The van der Waals surface area contributed by atoms with E-state index >= 15 is 0 Å². The Bertz CT molecular complexity index is 777. The van der Waals surface area contributed by atoms with E-state index in [9.17, 15) is 14.7 Å². The molecule has 130 valence electrons. The third-order valence-corrected chi connectivity index (χ3v) is 4.86. The number of carboxylic acid groups (broad SMARTS) is 1. The third-order valence-electron chi connectivity index (χ3n) is 4.33. The maximum Gasteiger partial charge on any atom is 0.305 e. The van der Waals surface area contributed by atoms with Gasteiger partial charge >= 0.3 is 5.97 Å². The van der Waals surface area contributed by atoms with Crippen LogP contribution in [0.4, 0.5) is 0 Å². The highest BCUT2D eigenvalue weighted by Gasteiger charge is 2.42. The second-order valence-electron chi connectivity index (χ2n) is 5.84. The molecule has 0 aliphatic carbocycles. The number of carbonyl (C=O) groups excluding carboxylic acids is 1. The number of pyridine rings is 1. The first-order chi connectivity index (χ1) is 12.0. The number of aliphatic carboxylic acids is 1. The van der Waals surface area contributed by atoms with E-state index in [0.29, 0.717) is 18.0 Å². The standard InChI is InChI=1S/C18H17BrN2O4/c1-25-16-7-4-12(9-20-16)15(8-17(22)23)21-10-14(18(21)24)11-2-5-13(19)6-3-11/h2-7,9,14-15H,8,10H2,1H3,(H,22,23). The molecule has 1 aliphatic rings. The maximum absolute atomic E-state index is 12.6. The first-order valence-corrected chi connectivity index (χ1v) is 8.56. The molecule has 0 spiro atoms. The van der Waals surface area contributed by atoms with Crippen LogP contribution in [0.5, 0.6) is 5.88 Å². The molecule has 3 rings (SSSR count). The van der Waals surface area contributed by atoms with Crippen molar-refractivity contribution in [2.75, 3.05) is 13.7 Å². The molecule has 0 saturated carbocycles. The molecular weight excluding hydrogens is 388 g/mol. The number of benzene rings is 1. The van der Waals surface area contributed by atoms with E-state index in [0.717, 1.165) is 10.0 Å². The van der Waals surface area contributed by atoms with Gasteiger partial charge in [0.25, 0.3) is 0 Å². The Morgan fingerprint density at radius 2 is 2.08 bits per heavy atom. The lowest BCUT2D eigenvalue weighted by Crippen LogP contribution is -2.52. The zero-order valence-electron chi connectivity index (χ0n) is 13.6. The molecular formula is C18H17BrN2O4. The molecule has 6 nitrogen and oxygen atoms in total. The number of nitrogens with zero attached hydrogens (tertiary/aromatic N) is 2. The van der Waals surface area contributed by atoms with Crippen molar-refractivity contribution in [3.05, 3.63) is 58.2 Å². The van der Waals surface area contributed by atoms with Crippen molar-refractivity contribution < 1.29 is 19.4 Å². The van der Waals surface area contributed by atoms with Crippen LogP contribution in [0.3, 0.4) is 0 Å². The zero-order chi connectivity index (χ0) is 18.0. The van der Waals surface area contributed by atoms with E-state index in [1.165, 1.54) is 7.11 Å². The molecule has 0 bridgehead atoms. The lowest BCUT2D eigenvalue weighted by Gasteiger charge is -2.43. The minimum atomic E-state index is -0.958. The lowest BCUT2D eigenvalue weighted by molar-refractivity contribution is -0.149. The van der Waals surface area contributed by atoms with Gasteiger partial charge in [0.1, 0.15) is 0 Å². The van der Waals surface area contributed by atoms with Gasteiger partial charge in [0.2, 0.25) is 11.8 Å². The molecule has 1 aromatic carbocycles. The number of hydrogen-bond acceptors (Lipinski definition) is 4. The van der Waals surface area contributed by atoms with Crippen molar-refractivity contribution in [3.63, 3.8) is 0 Å². The Morgan fingerprint density at radius 3 is 2.60 bits per heavy atom. The summed E-state index contributed by atoms with van der Waals surface area (Å²) in [6.45, 7) is 0.491. The third kappa shape index (κ3) is 3.66. The van der Waals surface area contributed by atoms with Crippen molar-refractivity contribution in [3.8, 4) is 5.88 Å². The number of β-lactam (4-membered cyclic amide) rings is 1. The van der Waals surface area contributed by atoms with Gasteiger partial charge in [0.15, 0.2) is 0 Å². The number of hydrogen-bond donors (Lipinski definition) is 1. The van der Waals surface area contributed by atoms with Gasteiger partial charge in [-0.1, -0.05) is 34.1 Å². The fourth-order valence-corrected chi connectivity index (χ4v) is 3.22. The number of carboxylic acids is 1. The summed E-state index contributed by atoms with van der Waals surface area (Å²) in [5.74, 6) is -0.804. The molecule has 1 amide bonds. The number of halogens is 1. The SMILES string of the molecule is COc1ccc(C(CC(=O)O)N2CC(c3ccc(Br)cc3)C2=O)cn1. The van der Waals surface area contributed by atoms with E-state index < -0.39 is 12.0 Å². The van der Waals surface area contributed by atoms with Gasteiger partial charge in [0, 0.05) is 23.3 Å². The Morgan fingerprint density at radius 1 is 1.36 bits per heavy atom. The Kier molecular flexibility index (Phi) is 5.03. The van der Waals surface area contributed by atoms with Crippen LogP contribution in [0.2, 0.25) is 0 Å². The number of aromatic nitrogens is 1. The summed E-state index contributed by atoms with van der Waals surface area (Å²) in [5, 5.41) is 9.23. The Hall–Kier alpha value is -2.41.